The number of hydrogen-bond donors (Lipinski definition) is 2. The maximum Gasteiger partial charge on any atom is 0.311 e. The molecule has 2 N–H and O–H groups in total. The molecule has 0 saturated carbocycles. The van der Waals surface area contributed by atoms with Gasteiger partial charge in [-0.1, -0.05) is 30.0 Å². The molecule has 8 heteroatoms. The average Bonchev–Trinajstić information content (AvgIpc) is 2.65. The van der Waals surface area contributed by atoms with Crippen molar-refractivity contribution in [2.45, 2.75) is 76.3 Å². The second-order valence-corrected chi connectivity index (χ2v) is 10.6. The van der Waals surface area contributed by atoms with E-state index in [1.54, 1.807) is 41.5 Å². The number of benzene rings is 1. The molecule has 0 amide bonds. The van der Waals surface area contributed by atoms with E-state index < -0.39 is 52.6 Å². The molecule has 1 aromatic carbocycles. The minimum atomic E-state index is -1.35. The molecule has 5 atom stereocenters. The number of carbonyl (C=O) groups is 2. The molecule has 0 spiro atoms. The molecule has 0 aromatic heterocycles. The summed E-state index contributed by atoms with van der Waals surface area (Å²) >= 11 is 1.24. The molecular weight excluding hydrogens is 408 g/mol. The molecule has 1 aliphatic rings. The first-order valence-corrected chi connectivity index (χ1v) is 10.8. The molecule has 30 heavy (non-hydrogen) atoms. The molecular formula is C22H32O7S. The summed E-state index contributed by atoms with van der Waals surface area (Å²) in [6.07, 6.45) is -4.80. The van der Waals surface area contributed by atoms with Gasteiger partial charge in [0.2, 0.25) is 0 Å². The van der Waals surface area contributed by atoms with Gasteiger partial charge in [-0.15, -0.1) is 0 Å². The fourth-order valence-electron chi connectivity index (χ4n) is 2.58. The van der Waals surface area contributed by atoms with Crippen LogP contribution in [0.3, 0.4) is 0 Å². The third kappa shape index (κ3) is 6.44. The molecule has 1 heterocycles. The molecule has 1 fully saturated rings. The van der Waals surface area contributed by atoms with E-state index in [1.165, 1.54) is 11.8 Å². The van der Waals surface area contributed by atoms with E-state index in [0.717, 1.165) is 4.90 Å². The Morgan fingerprint density at radius 1 is 0.967 bits per heavy atom. The van der Waals surface area contributed by atoms with E-state index in [4.69, 9.17) is 14.2 Å². The molecule has 2 rings (SSSR count). The van der Waals surface area contributed by atoms with Crippen LogP contribution in [-0.2, 0) is 23.8 Å². The van der Waals surface area contributed by atoms with Gasteiger partial charge in [-0.2, -0.15) is 0 Å². The van der Waals surface area contributed by atoms with Crippen molar-refractivity contribution in [2.75, 3.05) is 6.61 Å². The van der Waals surface area contributed by atoms with Crippen LogP contribution in [0.4, 0.5) is 0 Å². The number of esters is 2. The third-order valence-electron chi connectivity index (χ3n) is 4.48. The highest BCUT2D eigenvalue weighted by molar-refractivity contribution is 7.99. The van der Waals surface area contributed by atoms with Gasteiger partial charge >= 0.3 is 11.9 Å². The normalized spacial score (nSPS) is 27.4. The Labute approximate surface area is 182 Å². The number of thioether (sulfide) groups is 1. The lowest BCUT2D eigenvalue weighted by Crippen LogP contribution is -2.59. The second kappa shape index (κ2) is 9.68. The summed E-state index contributed by atoms with van der Waals surface area (Å²) < 4.78 is 16.7. The van der Waals surface area contributed by atoms with Crippen LogP contribution in [0, 0.1) is 10.8 Å². The Kier molecular flexibility index (Phi) is 7.96. The summed E-state index contributed by atoms with van der Waals surface area (Å²) in [6, 6.07) is 9.29. The first kappa shape index (κ1) is 24.7. The van der Waals surface area contributed by atoms with Crippen molar-refractivity contribution in [3.05, 3.63) is 30.3 Å². The minimum Gasteiger partial charge on any atom is -0.462 e. The maximum atomic E-state index is 12.4. The van der Waals surface area contributed by atoms with E-state index in [2.05, 4.69) is 0 Å². The smallest absolute Gasteiger partial charge is 0.311 e. The Hall–Kier alpha value is -1.61. The van der Waals surface area contributed by atoms with Crippen LogP contribution in [-0.4, -0.2) is 58.6 Å². The Balaban J connectivity index is 2.21. The van der Waals surface area contributed by atoms with Gasteiger partial charge in [-0.25, -0.2) is 0 Å². The highest BCUT2D eigenvalue weighted by atomic mass is 32.2. The largest absolute Gasteiger partial charge is 0.462 e. The Bertz CT molecular complexity index is 723. The van der Waals surface area contributed by atoms with E-state index in [0.29, 0.717) is 0 Å². The van der Waals surface area contributed by atoms with Crippen LogP contribution >= 0.6 is 11.8 Å². The van der Waals surface area contributed by atoms with Gasteiger partial charge in [0.25, 0.3) is 0 Å². The molecule has 0 unspecified atom stereocenters. The second-order valence-electron chi connectivity index (χ2n) is 9.42. The van der Waals surface area contributed by atoms with Gasteiger partial charge in [-0.05, 0) is 53.7 Å². The molecule has 1 aliphatic heterocycles. The highest BCUT2D eigenvalue weighted by Gasteiger charge is 2.48. The maximum absolute atomic E-state index is 12.4. The zero-order valence-electron chi connectivity index (χ0n) is 18.3. The summed E-state index contributed by atoms with van der Waals surface area (Å²) in [5.41, 5.74) is -2.35. The molecule has 0 bridgehead atoms. The highest BCUT2D eigenvalue weighted by Crippen LogP contribution is 2.35. The number of aliphatic hydroxyl groups excluding tert-OH is 2. The van der Waals surface area contributed by atoms with Gasteiger partial charge in [0.1, 0.15) is 30.4 Å². The van der Waals surface area contributed by atoms with Gasteiger partial charge in [0.05, 0.1) is 10.8 Å². The summed E-state index contributed by atoms with van der Waals surface area (Å²) in [5, 5.41) is 21.6. The van der Waals surface area contributed by atoms with Crippen molar-refractivity contribution in [3.63, 3.8) is 0 Å². The van der Waals surface area contributed by atoms with Gasteiger partial charge in [-0.3, -0.25) is 9.59 Å². The van der Waals surface area contributed by atoms with E-state index in [-0.39, 0.29) is 6.61 Å². The Morgan fingerprint density at radius 2 is 1.53 bits per heavy atom. The summed E-state index contributed by atoms with van der Waals surface area (Å²) in [6.45, 7) is 10.0. The first-order chi connectivity index (χ1) is 13.8. The van der Waals surface area contributed by atoms with E-state index >= 15 is 0 Å². The fraction of sp³-hybridized carbons (Fsp3) is 0.636. The lowest BCUT2D eigenvalue weighted by atomic mass is 9.95. The monoisotopic (exact) mass is 440 g/mol. The van der Waals surface area contributed by atoms with Crippen LogP contribution < -0.4 is 0 Å². The van der Waals surface area contributed by atoms with Gasteiger partial charge in [0, 0.05) is 4.90 Å². The van der Waals surface area contributed by atoms with E-state index in [9.17, 15) is 19.8 Å². The first-order valence-electron chi connectivity index (χ1n) is 9.92. The van der Waals surface area contributed by atoms with Crippen molar-refractivity contribution >= 4 is 23.7 Å². The molecule has 168 valence electrons. The zero-order chi connectivity index (χ0) is 22.7. The predicted octanol–water partition coefficient (Wildman–Crippen LogP) is 2.77. The van der Waals surface area contributed by atoms with Crippen molar-refractivity contribution in [2.24, 2.45) is 10.8 Å². The lowest BCUT2D eigenvalue weighted by Gasteiger charge is -2.42. The average molecular weight is 441 g/mol. The van der Waals surface area contributed by atoms with Crippen LogP contribution in [0.25, 0.3) is 0 Å². The van der Waals surface area contributed by atoms with Crippen LogP contribution in [0.2, 0.25) is 0 Å². The van der Waals surface area contributed by atoms with Crippen molar-refractivity contribution in [1.29, 1.82) is 0 Å². The molecule has 1 saturated heterocycles. The van der Waals surface area contributed by atoms with Crippen molar-refractivity contribution in [1.82, 2.24) is 0 Å². The zero-order valence-corrected chi connectivity index (χ0v) is 19.1. The standard InChI is InChI=1S/C22H32O7S/c1-21(2,3)19(25)27-12-14-15(23)17(29-20(26)22(4,5)6)16(24)18(28-14)30-13-10-8-7-9-11-13/h7-11,14-18,23-24H,12H2,1-6H3/t14-,15-,16+,17+,18-/m1/s1. The lowest BCUT2D eigenvalue weighted by molar-refractivity contribution is -0.227. The number of aliphatic hydroxyl groups is 2. The molecule has 0 radical (unpaired) electrons. The number of hydrogen-bond acceptors (Lipinski definition) is 8. The number of rotatable bonds is 5. The number of ether oxygens (including phenoxy) is 3. The van der Waals surface area contributed by atoms with Gasteiger partial charge < -0.3 is 24.4 Å². The molecule has 1 aromatic rings. The van der Waals surface area contributed by atoms with E-state index in [1.807, 2.05) is 30.3 Å². The third-order valence-corrected chi connectivity index (χ3v) is 5.65. The predicted molar refractivity (Wildman–Crippen MR) is 113 cm³/mol. The van der Waals surface area contributed by atoms with Crippen molar-refractivity contribution < 1.29 is 34.0 Å². The summed E-state index contributed by atoms with van der Waals surface area (Å²) in [7, 11) is 0. The Morgan fingerprint density at radius 3 is 2.07 bits per heavy atom. The SMILES string of the molecule is CC(C)(C)C(=O)OC[C@H]1O[C@H](Sc2ccccc2)[C@@H](O)[C@@H](OC(=O)C(C)(C)C)[C@@H]1O. The van der Waals surface area contributed by atoms with Crippen LogP contribution in [0.15, 0.2) is 35.2 Å². The van der Waals surface area contributed by atoms with Crippen LogP contribution in [0.5, 0.6) is 0 Å². The van der Waals surface area contributed by atoms with Crippen LogP contribution in [0.1, 0.15) is 41.5 Å². The molecule has 0 aliphatic carbocycles. The topological polar surface area (TPSA) is 102 Å². The number of carbonyl (C=O) groups excluding carboxylic acids is 2. The minimum absolute atomic E-state index is 0.223. The van der Waals surface area contributed by atoms with Gasteiger partial charge in [0.15, 0.2) is 6.10 Å². The summed E-state index contributed by atoms with van der Waals surface area (Å²) in [5.74, 6) is -0.999. The molecule has 7 nitrogen and oxygen atoms in total. The summed E-state index contributed by atoms with van der Waals surface area (Å²) in [4.78, 5) is 25.4. The fourth-order valence-corrected chi connectivity index (χ4v) is 3.66. The van der Waals surface area contributed by atoms with Crippen molar-refractivity contribution in [3.8, 4) is 0 Å². The quantitative estimate of drug-likeness (QED) is 0.674.